The minimum atomic E-state index is -0.414. The lowest BCUT2D eigenvalue weighted by atomic mass is 9.91. The fourth-order valence-corrected chi connectivity index (χ4v) is 2.75. The number of β-amino-alcohol motifs (C(OH)–C–C–N with tert-alkyl or cyclic N) is 1. The van der Waals surface area contributed by atoms with E-state index in [2.05, 4.69) is 5.16 Å². The molecule has 1 amide bonds. The summed E-state index contributed by atoms with van der Waals surface area (Å²) in [5, 5.41) is 13.6. The van der Waals surface area contributed by atoms with Gasteiger partial charge in [-0.15, -0.1) is 0 Å². The van der Waals surface area contributed by atoms with E-state index in [9.17, 15) is 9.90 Å². The average molecular weight is 266 g/mol. The standard InChI is InChI=1S/C14H22N2O3/c1-8(2)13(12-5-9(3)15-19-12)14(18)16-7-11(17)6-10(16)4/h5,8,10-11,13,17H,6-7H2,1-4H3. The van der Waals surface area contributed by atoms with Crippen molar-refractivity contribution < 1.29 is 14.4 Å². The molecular formula is C14H22N2O3. The third-order valence-electron chi connectivity index (χ3n) is 3.72. The van der Waals surface area contributed by atoms with Crippen LogP contribution in [0.25, 0.3) is 0 Å². The number of hydrogen-bond acceptors (Lipinski definition) is 4. The van der Waals surface area contributed by atoms with Gasteiger partial charge in [0.15, 0.2) is 0 Å². The molecule has 1 fully saturated rings. The van der Waals surface area contributed by atoms with Gasteiger partial charge in [-0.1, -0.05) is 19.0 Å². The van der Waals surface area contributed by atoms with Gasteiger partial charge in [-0.3, -0.25) is 4.79 Å². The lowest BCUT2D eigenvalue weighted by Gasteiger charge is -2.27. The molecule has 1 saturated heterocycles. The molecular weight excluding hydrogens is 244 g/mol. The van der Waals surface area contributed by atoms with E-state index in [4.69, 9.17) is 4.52 Å². The molecule has 1 aromatic heterocycles. The second-order valence-electron chi connectivity index (χ2n) is 5.82. The van der Waals surface area contributed by atoms with E-state index >= 15 is 0 Å². The summed E-state index contributed by atoms with van der Waals surface area (Å²) in [4.78, 5) is 14.4. The lowest BCUT2D eigenvalue weighted by molar-refractivity contribution is -0.135. The summed E-state index contributed by atoms with van der Waals surface area (Å²) in [6.45, 7) is 8.22. The summed E-state index contributed by atoms with van der Waals surface area (Å²) in [7, 11) is 0. The van der Waals surface area contributed by atoms with Crippen LogP contribution in [0.5, 0.6) is 0 Å². The van der Waals surface area contributed by atoms with Crippen LogP contribution in [0.15, 0.2) is 10.6 Å². The Morgan fingerprint density at radius 2 is 2.26 bits per heavy atom. The van der Waals surface area contributed by atoms with Crippen molar-refractivity contribution in [3.8, 4) is 0 Å². The molecule has 2 heterocycles. The molecule has 1 aliphatic rings. The zero-order valence-electron chi connectivity index (χ0n) is 12.0. The highest BCUT2D eigenvalue weighted by atomic mass is 16.5. The van der Waals surface area contributed by atoms with Gasteiger partial charge in [0.05, 0.1) is 11.8 Å². The van der Waals surface area contributed by atoms with Crippen LogP contribution in [0.3, 0.4) is 0 Å². The van der Waals surface area contributed by atoms with Crippen LogP contribution < -0.4 is 0 Å². The molecule has 3 unspecified atom stereocenters. The summed E-state index contributed by atoms with van der Waals surface area (Å²) < 4.78 is 5.27. The van der Waals surface area contributed by atoms with E-state index < -0.39 is 6.10 Å². The Labute approximate surface area is 113 Å². The largest absolute Gasteiger partial charge is 0.391 e. The zero-order valence-corrected chi connectivity index (χ0v) is 12.0. The maximum absolute atomic E-state index is 12.7. The minimum Gasteiger partial charge on any atom is -0.391 e. The molecule has 0 radical (unpaired) electrons. The molecule has 1 aromatic rings. The molecule has 2 rings (SSSR count). The van der Waals surface area contributed by atoms with Crippen LogP contribution in [0.1, 0.15) is 44.6 Å². The number of aliphatic hydroxyl groups is 1. The fourth-order valence-electron chi connectivity index (χ4n) is 2.75. The summed E-state index contributed by atoms with van der Waals surface area (Å²) in [6, 6.07) is 1.90. The predicted molar refractivity (Wildman–Crippen MR) is 70.6 cm³/mol. The Morgan fingerprint density at radius 3 is 2.68 bits per heavy atom. The normalized spacial score (nSPS) is 25.1. The van der Waals surface area contributed by atoms with Crippen LogP contribution in [-0.2, 0) is 4.79 Å². The van der Waals surface area contributed by atoms with Gasteiger partial charge in [-0.25, -0.2) is 0 Å². The van der Waals surface area contributed by atoms with E-state index in [-0.39, 0.29) is 23.8 Å². The Morgan fingerprint density at radius 1 is 1.58 bits per heavy atom. The SMILES string of the molecule is Cc1cc(C(C(=O)N2CC(O)CC2C)C(C)C)on1. The van der Waals surface area contributed by atoms with Crippen LogP contribution >= 0.6 is 0 Å². The van der Waals surface area contributed by atoms with Crippen molar-refractivity contribution in [3.63, 3.8) is 0 Å². The molecule has 1 N–H and O–H groups in total. The predicted octanol–water partition coefficient (Wildman–Crippen LogP) is 1.70. The highest BCUT2D eigenvalue weighted by Gasteiger charge is 2.38. The smallest absolute Gasteiger partial charge is 0.234 e. The first kappa shape index (κ1) is 14.1. The maximum atomic E-state index is 12.7. The van der Waals surface area contributed by atoms with Crippen LogP contribution in [0, 0.1) is 12.8 Å². The minimum absolute atomic E-state index is 0.0233. The maximum Gasteiger partial charge on any atom is 0.234 e. The Bertz CT molecular complexity index is 455. The van der Waals surface area contributed by atoms with E-state index in [0.717, 1.165) is 5.69 Å². The van der Waals surface area contributed by atoms with Crippen LogP contribution in [0.2, 0.25) is 0 Å². The third kappa shape index (κ3) is 2.81. The number of aryl methyl sites for hydroxylation is 1. The average Bonchev–Trinajstić information content (AvgIpc) is 2.85. The highest BCUT2D eigenvalue weighted by Crippen LogP contribution is 2.30. The number of aromatic nitrogens is 1. The summed E-state index contributed by atoms with van der Waals surface area (Å²) in [5.41, 5.74) is 0.781. The first-order chi connectivity index (χ1) is 8.90. The molecule has 0 bridgehead atoms. The topological polar surface area (TPSA) is 66.6 Å². The Hall–Kier alpha value is -1.36. The molecule has 5 heteroatoms. The van der Waals surface area contributed by atoms with Gasteiger partial charge >= 0.3 is 0 Å². The van der Waals surface area contributed by atoms with E-state index in [1.165, 1.54) is 0 Å². The van der Waals surface area contributed by atoms with E-state index in [1.54, 1.807) is 4.90 Å². The molecule has 106 valence electrons. The summed E-state index contributed by atoms with van der Waals surface area (Å²) >= 11 is 0. The molecule has 19 heavy (non-hydrogen) atoms. The number of carbonyl (C=O) groups excluding carboxylic acids is 1. The first-order valence-corrected chi connectivity index (χ1v) is 6.82. The molecule has 3 atom stereocenters. The van der Waals surface area contributed by atoms with Crippen molar-refractivity contribution in [2.24, 2.45) is 5.92 Å². The Balaban J connectivity index is 2.22. The van der Waals surface area contributed by atoms with Crippen molar-refractivity contribution in [1.29, 1.82) is 0 Å². The summed E-state index contributed by atoms with van der Waals surface area (Å²) in [5.74, 6) is 0.444. The van der Waals surface area contributed by atoms with Crippen LogP contribution in [-0.4, -0.2) is 39.8 Å². The number of carbonyl (C=O) groups is 1. The number of nitrogens with zero attached hydrogens (tertiary/aromatic N) is 2. The molecule has 0 spiro atoms. The van der Waals surface area contributed by atoms with Crippen molar-refractivity contribution >= 4 is 5.91 Å². The van der Waals surface area contributed by atoms with Crippen molar-refractivity contribution in [3.05, 3.63) is 17.5 Å². The van der Waals surface area contributed by atoms with Crippen molar-refractivity contribution in [2.45, 2.75) is 52.2 Å². The number of rotatable bonds is 3. The number of amides is 1. The summed E-state index contributed by atoms with van der Waals surface area (Å²) in [6.07, 6.45) is 0.231. The van der Waals surface area contributed by atoms with Crippen molar-refractivity contribution in [1.82, 2.24) is 10.1 Å². The number of hydrogen-bond donors (Lipinski definition) is 1. The highest BCUT2D eigenvalue weighted by molar-refractivity contribution is 5.84. The van der Waals surface area contributed by atoms with Gasteiger partial charge in [0.1, 0.15) is 11.7 Å². The molecule has 1 aliphatic heterocycles. The quantitative estimate of drug-likeness (QED) is 0.904. The second-order valence-corrected chi connectivity index (χ2v) is 5.82. The molecule has 0 aromatic carbocycles. The number of likely N-dealkylation sites (tertiary alicyclic amines) is 1. The van der Waals surface area contributed by atoms with Crippen LogP contribution in [0.4, 0.5) is 0 Å². The fraction of sp³-hybridized carbons (Fsp3) is 0.714. The number of aliphatic hydroxyl groups excluding tert-OH is 1. The Kier molecular flexibility index (Phi) is 3.94. The third-order valence-corrected chi connectivity index (χ3v) is 3.72. The monoisotopic (exact) mass is 266 g/mol. The molecule has 5 nitrogen and oxygen atoms in total. The van der Waals surface area contributed by atoms with Gasteiger partial charge in [0.25, 0.3) is 0 Å². The van der Waals surface area contributed by atoms with Gasteiger partial charge in [-0.05, 0) is 26.2 Å². The second kappa shape index (κ2) is 5.33. The van der Waals surface area contributed by atoms with Crippen molar-refractivity contribution in [2.75, 3.05) is 6.54 Å². The van der Waals surface area contributed by atoms with E-state index in [1.807, 2.05) is 33.8 Å². The van der Waals surface area contributed by atoms with Gasteiger partial charge in [0, 0.05) is 18.7 Å². The van der Waals surface area contributed by atoms with Gasteiger partial charge < -0.3 is 14.5 Å². The van der Waals surface area contributed by atoms with Gasteiger partial charge in [0.2, 0.25) is 5.91 Å². The van der Waals surface area contributed by atoms with Gasteiger partial charge in [-0.2, -0.15) is 0 Å². The first-order valence-electron chi connectivity index (χ1n) is 6.82. The zero-order chi connectivity index (χ0) is 14.2. The van der Waals surface area contributed by atoms with E-state index in [0.29, 0.717) is 18.7 Å². The molecule has 0 aliphatic carbocycles. The molecule has 0 saturated carbocycles. The lowest BCUT2D eigenvalue weighted by Crippen LogP contribution is -2.39.